The summed E-state index contributed by atoms with van der Waals surface area (Å²) in [5, 5.41) is 0.212. The monoisotopic (exact) mass is 594 g/mol. The molecular weight excluding hydrogens is 531 g/mol. The predicted molar refractivity (Wildman–Crippen MR) is 168 cm³/mol. The molecule has 3 atom stereocenters. The molecule has 0 aromatic rings. The molecule has 0 aromatic heterocycles. The third-order valence-corrected chi connectivity index (χ3v) is 9.66. The minimum Gasteiger partial charge on any atom is -0.301 e. The molecule has 0 aromatic carbocycles. The van der Waals surface area contributed by atoms with Gasteiger partial charge in [-0.3, -0.25) is 4.89 Å². The summed E-state index contributed by atoms with van der Waals surface area (Å²) < 4.78 is 24.0. The van der Waals surface area contributed by atoms with Gasteiger partial charge < -0.3 is 9.05 Å². The van der Waals surface area contributed by atoms with Crippen LogP contribution in [-0.2, 0) is 23.4 Å². The van der Waals surface area contributed by atoms with Gasteiger partial charge in [0.05, 0.1) is 13.2 Å². The SMILES string of the molecule is CCCCCCCCCCCCSC(CCCCCCC)C(C)OOC(=O)P(=O)(OCCC)OCC(C)(C)C. The zero-order valence-corrected chi connectivity index (χ0v) is 28.3. The molecule has 6 nitrogen and oxygen atoms in total. The van der Waals surface area contributed by atoms with Crippen LogP contribution >= 0.6 is 19.4 Å². The van der Waals surface area contributed by atoms with E-state index in [1.807, 2.05) is 46.4 Å². The lowest BCUT2D eigenvalue weighted by molar-refractivity contribution is -0.262. The largest absolute Gasteiger partial charge is 0.452 e. The van der Waals surface area contributed by atoms with Gasteiger partial charge in [-0.2, -0.15) is 16.6 Å². The molecule has 0 spiro atoms. The third-order valence-electron chi connectivity index (χ3n) is 6.57. The Kier molecular flexibility index (Phi) is 24.5. The van der Waals surface area contributed by atoms with Gasteiger partial charge in [0.2, 0.25) is 0 Å². The van der Waals surface area contributed by atoms with Crippen LogP contribution in [0.4, 0.5) is 4.79 Å². The molecule has 0 N–H and O–H groups in total. The van der Waals surface area contributed by atoms with Crippen LogP contribution in [-0.4, -0.2) is 36.0 Å². The van der Waals surface area contributed by atoms with Gasteiger partial charge in [-0.05, 0) is 37.4 Å². The second-order valence-electron chi connectivity index (χ2n) is 12.1. The van der Waals surface area contributed by atoms with Gasteiger partial charge in [0.15, 0.2) is 0 Å². The lowest BCUT2D eigenvalue weighted by Crippen LogP contribution is -2.26. The molecule has 0 saturated heterocycles. The number of unbranched alkanes of at least 4 members (excludes halogenated alkanes) is 13. The normalized spacial score (nSPS) is 15.2. The highest BCUT2D eigenvalue weighted by molar-refractivity contribution is 7.99. The molecule has 0 aliphatic carbocycles. The van der Waals surface area contributed by atoms with Crippen molar-refractivity contribution in [2.75, 3.05) is 19.0 Å². The van der Waals surface area contributed by atoms with Gasteiger partial charge in [0.1, 0.15) is 6.10 Å². The number of carbonyl (C=O) groups excluding carboxylic acids is 1. The van der Waals surface area contributed by atoms with Gasteiger partial charge in [0, 0.05) is 5.25 Å². The first-order valence-corrected chi connectivity index (χ1v) is 18.6. The quantitative estimate of drug-likeness (QED) is 0.0405. The first-order chi connectivity index (χ1) is 18.6. The van der Waals surface area contributed by atoms with E-state index in [9.17, 15) is 9.36 Å². The van der Waals surface area contributed by atoms with E-state index >= 15 is 0 Å². The lowest BCUT2D eigenvalue weighted by Gasteiger charge is -2.24. The number of hydrogen-bond donors (Lipinski definition) is 0. The molecule has 0 aliphatic rings. The Bertz CT molecular complexity index is 625. The minimum absolute atomic E-state index is 0.119. The lowest BCUT2D eigenvalue weighted by atomic mass is 9.99. The number of rotatable bonds is 27. The number of thioether (sulfide) groups is 1. The molecule has 0 fully saturated rings. The average Bonchev–Trinajstić information content (AvgIpc) is 2.90. The highest BCUT2D eigenvalue weighted by Crippen LogP contribution is 2.51. The predicted octanol–water partition coefficient (Wildman–Crippen LogP) is 11.5. The minimum atomic E-state index is -4.08. The summed E-state index contributed by atoms with van der Waals surface area (Å²) >= 11 is 1.91. The van der Waals surface area contributed by atoms with E-state index in [2.05, 4.69) is 13.8 Å². The van der Waals surface area contributed by atoms with Crippen molar-refractivity contribution in [3.8, 4) is 0 Å². The molecule has 0 aliphatic heterocycles. The van der Waals surface area contributed by atoms with E-state index in [1.54, 1.807) is 0 Å². The van der Waals surface area contributed by atoms with Gasteiger partial charge in [-0.25, -0.2) is 9.36 Å². The molecule has 0 rings (SSSR count). The molecule has 0 saturated carbocycles. The van der Waals surface area contributed by atoms with Crippen molar-refractivity contribution in [3.63, 3.8) is 0 Å². The standard InChI is InChI=1S/C31H63O6PS/c1-8-11-13-15-16-17-18-19-21-23-26-39-29(24-22-20-14-12-9-2)28(4)36-37-30(32)38(33,34-25-10-3)35-27-31(5,6)7/h28-29H,8-27H2,1-7H3. The summed E-state index contributed by atoms with van der Waals surface area (Å²) in [5.74, 6) is 1.07. The van der Waals surface area contributed by atoms with Crippen molar-refractivity contribution in [2.45, 2.75) is 169 Å². The molecular formula is C31H63O6PS. The van der Waals surface area contributed by atoms with E-state index in [0.29, 0.717) is 6.42 Å². The Morgan fingerprint density at radius 2 is 1.26 bits per heavy atom. The summed E-state index contributed by atoms with van der Waals surface area (Å²) in [6, 6.07) is 0. The zero-order chi connectivity index (χ0) is 29.4. The van der Waals surface area contributed by atoms with Crippen molar-refractivity contribution >= 4 is 25.1 Å². The first-order valence-electron chi connectivity index (χ1n) is 16.0. The first kappa shape index (κ1) is 38.9. The summed E-state index contributed by atoms with van der Waals surface area (Å²) in [6.07, 6.45) is 20.7. The van der Waals surface area contributed by atoms with E-state index < -0.39 is 13.3 Å². The molecule has 0 radical (unpaired) electrons. The molecule has 0 amide bonds. The molecule has 0 bridgehead atoms. The maximum atomic E-state index is 13.2. The van der Waals surface area contributed by atoms with Gasteiger partial charge >= 0.3 is 13.3 Å². The smallest absolute Gasteiger partial charge is 0.301 e. The maximum absolute atomic E-state index is 13.2. The zero-order valence-electron chi connectivity index (χ0n) is 26.6. The van der Waals surface area contributed by atoms with E-state index in [0.717, 1.165) is 18.6 Å². The van der Waals surface area contributed by atoms with Crippen LogP contribution in [0.2, 0.25) is 0 Å². The molecule has 8 heteroatoms. The Morgan fingerprint density at radius 3 is 1.77 bits per heavy atom. The van der Waals surface area contributed by atoms with Crippen LogP contribution in [0.25, 0.3) is 0 Å². The van der Waals surface area contributed by atoms with Gasteiger partial charge in [-0.1, -0.05) is 131 Å². The topological polar surface area (TPSA) is 71.1 Å². The average molecular weight is 595 g/mol. The van der Waals surface area contributed by atoms with Crippen LogP contribution in [0.5, 0.6) is 0 Å². The highest BCUT2D eigenvalue weighted by atomic mass is 32.2. The number of hydrogen-bond acceptors (Lipinski definition) is 7. The highest BCUT2D eigenvalue weighted by Gasteiger charge is 2.40. The molecule has 0 heterocycles. The van der Waals surface area contributed by atoms with Gasteiger partial charge in [0.25, 0.3) is 0 Å². The second kappa shape index (κ2) is 24.5. The fraction of sp³-hybridized carbons (Fsp3) is 0.968. The van der Waals surface area contributed by atoms with E-state index in [-0.39, 0.29) is 30.0 Å². The van der Waals surface area contributed by atoms with Gasteiger partial charge in [-0.15, -0.1) is 0 Å². The van der Waals surface area contributed by atoms with Crippen molar-refractivity contribution < 1.29 is 28.2 Å². The Hall–Kier alpha value is -0.0700. The fourth-order valence-corrected chi connectivity index (χ4v) is 6.81. The Balaban J connectivity index is 4.69. The van der Waals surface area contributed by atoms with E-state index in [4.69, 9.17) is 18.8 Å². The molecule has 234 valence electrons. The van der Waals surface area contributed by atoms with E-state index in [1.165, 1.54) is 89.9 Å². The summed E-state index contributed by atoms with van der Waals surface area (Å²) in [6.45, 7) is 14.4. The number of carbonyl (C=O) groups is 1. The molecule has 39 heavy (non-hydrogen) atoms. The summed E-state index contributed by atoms with van der Waals surface area (Å²) in [7, 11) is -4.08. The summed E-state index contributed by atoms with van der Waals surface area (Å²) in [5.41, 5.74) is -1.33. The Morgan fingerprint density at radius 1 is 0.744 bits per heavy atom. The second-order valence-corrected chi connectivity index (χ2v) is 15.3. The van der Waals surface area contributed by atoms with Crippen molar-refractivity contribution in [1.82, 2.24) is 0 Å². The van der Waals surface area contributed by atoms with Crippen LogP contribution in [0.3, 0.4) is 0 Å². The maximum Gasteiger partial charge on any atom is 0.452 e. The van der Waals surface area contributed by atoms with Crippen molar-refractivity contribution in [3.05, 3.63) is 0 Å². The van der Waals surface area contributed by atoms with Crippen molar-refractivity contribution in [2.24, 2.45) is 5.41 Å². The Labute approximate surface area is 246 Å². The third kappa shape index (κ3) is 22.2. The van der Waals surface area contributed by atoms with Crippen LogP contribution < -0.4 is 0 Å². The van der Waals surface area contributed by atoms with Crippen LogP contribution in [0, 0.1) is 5.41 Å². The van der Waals surface area contributed by atoms with Crippen LogP contribution in [0.15, 0.2) is 0 Å². The summed E-state index contributed by atoms with van der Waals surface area (Å²) in [4.78, 5) is 23.4. The van der Waals surface area contributed by atoms with Crippen molar-refractivity contribution in [1.29, 1.82) is 0 Å². The fourth-order valence-electron chi connectivity index (χ4n) is 4.08. The molecule has 3 unspecified atom stereocenters. The van der Waals surface area contributed by atoms with Crippen LogP contribution in [0.1, 0.15) is 158 Å².